The lowest BCUT2D eigenvalue weighted by molar-refractivity contribution is -0.130. The van der Waals surface area contributed by atoms with Gasteiger partial charge in [-0.3, -0.25) is 14.4 Å². The number of rotatable bonds is 9. The minimum Gasteiger partial charge on any atom is -0.395 e. The number of amides is 3. The molecule has 1 rings (SSSR count). The lowest BCUT2D eigenvalue weighted by Crippen LogP contribution is -2.50. The van der Waals surface area contributed by atoms with Crippen LogP contribution in [0.5, 0.6) is 0 Å². The van der Waals surface area contributed by atoms with Crippen molar-refractivity contribution < 1.29 is 24.6 Å². The third-order valence-corrected chi connectivity index (χ3v) is 8.06. The van der Waals surface area contributed by atoms with Crippen molar-refractivity contribution in [1.82, 2.24) is 15.1 Å². The van der Waals surface area contributed by atoms with E-state index in [0.717, 1.165) is 5.56 Å². The van der Waals surface area contributed by atoms with Crippen LogP contribution in [0.4, 0.5) is 0 Å². The average molecular weight is 758 g/mol. The number of hydrogen-bond donors (Lipinski definition) is 4. The molecule has 0 heterocycles. The van der Waals surface area contributed by atoms with Gasteiger partial charge in [0, 0.05) is 44.4 Å². The molecule has 12 heteroatoms. The van der Waals surface area contributed by atoms with E-state index in [2.05, 4.69) is 27.9 Å². The van der Waals surface area contributed by atoms with Gasteiger partial charge in [0.15, 0.2) is 0 Å². The number of nitrogens with zero attached hydrogens (tertiary/aromatic N) is 2. The van der Waals surface area contributed by atoms with Crippen molar-refractivity contribution in [2.75, 3.05) is 46.9 Å². The third kappa shape index (κ3) is 6.36. The highest BCUT2D eigenvalue weighted by molar-refractivity contribution is 14.1. The highest BCUT2D eigenvalue weighted by atomic mass is 127. The second kappa shape index (κ2) is 12.7. The molecule has 9 nitrogen and oxygen atoms in total. The summed E-state index contributed by atoms with van der Waals surface area (Å²) >= 11 is 6.06. The van der Waals surface area contributed by atoms with E-state index in [0.29, 0.717) is 16.3 Å². The Labute approximate surface area is 216 Å². The number of carbonyl (C=O) groups excluding carboxylic acids is 3. The molecule has 1 unspecified atom stereocenters. The molecular weight excluding hydrogens is 733 g/mol. The van der Waals surface area contributed by atoms with Gasteiger partial charge in [0.1, 0.15) is 6.04 Å². The van der Waals surface area contributed by atoms with Gasteiger partial charge in [0.2, 0.25) is 5.91 Å². The first kappa shape index (κ1) is 27.7. The van der Waals surface area contributed by atoms with Crippen LogP contribution in [-0.4, -0.2) is 90.7 Å². The van der Waals surface area contributed by atoms with Crippen molar-refractivity contribution in [2.24, 2.45) is 5.73 Å². The highest BCUT2D eigenvalue weighted by Gasteiger charge is 2.30. The van der Waals surface area contributed by atoms with Crippen LogP contribution in [0.3, 0.4) is 0 Å². The number of aliphatic hydroxyl groups is 2. The number of hydrogen-bond acceptors (Lipinski definition) is 6. The minimum absolute atomic E-state index is 0.0602. The molecule has 1 aromatic rings. The third-order valence-electron chi connectivity index (χ3n) is 4.28. The number of benzene rings is 1. The van der Waals surface area contributed by atoms with Crippen LogP contribution in [0.15, 0.2) is 0 Å². The topological polar surface area (TPSA) is 136 Å². The van der Waals surface area contributed by atoms with Crippen molar-refractivity contribution in [3.63, 3.8) is 0 Å². The number of nitrogens with two attached hydrogens (primary N) is 1. The molecule has 0 aliphatic carbocycles. The van der Waals surface area contributed by atoms with Gasteiger partial charge in [-0.2, -0.15) is 0 Å². The summed E-state index contributed by atoms with van der Waals surface area (Å²) in [5, 5.41) is 21.2. The summed E-state index contributed by atoms with van der Waals surface area (Å²) in [6.07, 6.45) is 0. The quantitative estimate of drug-likeness (QED) is 0.270. The minimum atomic E-state index is -0.891. The molecule has 0 saturated carbocycles. The van der Waals surface area contributed by atoms with Crippen molar-refractivity contribution in [2.45, 2.75) is 13.0 Å². The van der Waals surface area contributed by atoms with Crippen LogP contribution in [-0.2, 0) is 4.79 Å². The zero-order valence-electron chi connectivity index (χ0n) is 16.8. The van der Waals surface area contributed by atoms with E-state index in [9.17, 15) is 24.6 Å². The summed E-state index contributed by atoms with van der Waals surface area (Å²) < 4.78 is 1.78. The Morgan fingerprint density at radius 2 is 1.50 bits per heavy atom. The van der Waals surface area contributed by atoms with Crippen LogP contribution >= 0.6 is 67.8 Å². The van der Waals surface area contributed by atoms with E-state index in [-0.39, 0.29) is 50.2 Å². The second-order valence-corrected chi connectivity index (χ2v) is 9.79. The summed E-state index contributed by atoms with van der Waals surface area (Å²) in [5.74, 6) is -1.22. The summed E-state index contributed by atoms with van der Waals surface area (Å²) in [6.45, 7) is 1.36. The molecule has 3 amide bonds. The fraction of sp³-hybridized carbons (Fsp3) is 0.500. The predicted octanol–water partition coefficient (Wildman–Crippen LogP) is 0.381. The molecule has 168 valence electrons. The molecule has 5 N–H and O–H groups in total. The lowest BCUT2D eigenvalue weighted by atomic mass is 10.0. The largest absolute Gasteiger partial charge is 0.395 e. The Hall–Kier alpha value is -0.300. The van der Waals surface area contributed by atoms with Crippen molar-refractivity contribution in [3.05, 3.63) is 27.4 Å². The van der Waals surface area contributed by atoms with Gasteiger partial charge in [-0.25, -0.2) is 0 Å². The van der Waals surface area contributed by atoms with E-state index in [1.807, 2.05) is 45.2 Å². The normalized spacial score (nSPS) is 11.8. The Morgan fingerprint density at radius 1 is 1.00 bits per heavy atom. The monoisotopic (exact) mass is 758 g/mol. The van der Waals surface area contributed by atoms with Crippen LogP contribution < -0.4 is 11.1 Å². The van der Waals surface area contributed by atoms with Crippen LogP contribution in [0.25, 0.3) is 0 Å². The van der Waals surface area contributed by atoms with Crippen LogP contribution in [0.1, 0.15) is 26.3 Å². The van der Waals surface area contributed by atoms with Crippen molar-refractivity contribution in [3.8, 4) is 0 Å². The van der Waals surface area contributed by atoms with E-state index < -0.39 is 11.9 Å². The number of likely N-dealkylation sites (N-methyl/N-ethyl adjacent to an activating group) is 1. The van der Waals surface area contributed by atoms with Gasteiger partial charge in [0.25, 0.3) is 11.8 Å². The van der Waals surface area contributed by atoms with Gasteiger partial charge in [-0.15, -0.1) is 0 Å². The summed E-state index contributed by atoms with van der Waals surface area (Å²) in [4.78, 5) is 41.2. The van der Waals surface area contributed by atoms with E-state index >= 15 is 0 Å². The summed E-state index contributed by atoms with van der Waals surface area (Å²) in [5.41, 5.74) is 7.04. The standard InChI is InChI=1S/C18H25I3N4O5/c1-9-13(19)11(16(28)23-10(8-22)17(29)24(2)3)15(21)12(14(9)20)18(30)25(4-6-26)5-7-27/h10,26-27H,4-8,22H2,1-3H3,(H,23,28). The Kier molecular flexibility index (Phi) is 11.7. The summed E-state index contributed by atoms with van der Waals surface area (Å²) in [7, 11) is 3.15. The first-order valence-corrected chi connectivity index (χ1v) is 12.2. The molecular formula is C18H25I3N4O5. The number of nitrogens with one attached hydrogen (secondary N) is 1. The molecule has 1 aromatic carbocycles. The van der Waals surface area contributed by atoms with Crippen molar-refractivity contribution in [1.29, 1.82) is 0 Å². The molecule has 0 saturated heterocycles. The first-order valence-electron chi connectivity index (χ1n) is 8.93. The number of halogens is 3. The van der Waals surface area contributed by atoms with Gasteiger partial charge in [-0.1, -0.05) is 0 Å². The van der Waals surface area contributed by atoms with Gasteiger partial charge >= 0.3 is 0 Å². The summed E-state index contributed by atoms with van der Waals surface area (Å²) in [6, 6.07) is -0.891. The molecule has 1 atom stereocenters. The zero-order chi connectivity index (χ0) is 23.2. The number of carbonyl (C=O) groups is 3. The SMILES string of the molecule is Cc1c(I)c(C(=O)NC(CN)C(=O)N(C)C)c(I)c(C(=O)N(CCO)CCO)c1I. The molecule has 0 bridgehead atoms. The van der Waals surface area contributed by atoms with Crippen LogP contribution in [0, 0.1) is 17.6 Å². The fourth-order valence-electron chi connectivity index (χ4n) is 2.65. The lowest BCUT2D eigenvalue weighted by Gasteiger charge is -2.25. The van der Waals surface area contributed by atoms with Gasteiger partial charge in [-0.05, 0) is 80.3 Å². The van der Waals surface area contributed by atoms with Gasteiger partial charge in [0.05, 0.1) is 24.3 Å². The van der Waals surface area contributed by atoms with Crippen molar-refractivity contribution >= 4 is 85.5 Å². The molecule has 0 aliphatic rings. The van der Waals surface area contributed by atoms with E-state index in [1.54, 1.807) is 21.0 Å². The maximum atomic E-state index is 13.2. The van der Waals surface area contributed by atoms with E-state index in [4.69, 9.17) is 5.73 Å². The second-order valence-electron chi connectivity index (χ2n) is 6.55. The van der Waals surface area contributed by atoms with Gasteiger partial charge < -0.3 is 31.1 Å². The Bertz CT molecular complexity index is 814. The smallest absolute Gasteiger partial charge is 0.256 e. The molecule has 30 heavy (non-hydrogen) atoms. The highest BCUT2D eigenvalue weighted by Crippen LogP contribution is 2.32. The molecule has 0 aliphatic heterocycles. The first-order chi connectivity index (χ1) is 14.0. The average Bonchev–Trinajstić information content (AvgIpc) is 2.69. The zero-order valence-corrected chi connectivity index (χ0v) is 23.3. The fourth-order valence-corrected chi connectivity index (χ4v) is 6.77. The molecule has 0 spiro atoms. The molecule has 0 fully saturated rings. The number of aliphatic hydroxyl groups excluding tert-OH is 2. The van der Waals surface area contributed by atoms with E-state index in [1.165, 1.54) is 9.80 Å². The molecule has 0 radical (unpaired) electrons. The Morgan fingerprint density at radius 3 is 1.93 bits per heavy atom. The maximum absolute atomic E-state index is 13.2. The van der Waals surface area contributed by atoms with Crippen LogP contribution in [0.2, 0.25) is 0 Å². The maximum Gasteiger partial charge on any atom is 0.256 e. The Balaban J connectivity index is 3.49. The predicted molar refractivity (Wildman–Crippen MR) is 138 cm³/mol. The molecule has 0 aromatic heterocycles.